The minimum atomic E-state index is -0.606. The van der Waals surface area contributed by atoms with Crippen LogP contribution in [0, 0.1) is 6.92 Å². The van der Waals surface area contributed by atoms with Crippen LogP contribution < -0.4 is 5.73 Å². The van der Waals surface area contributed by atoms with Crippen LogP contribution in [0.15, 0.2) is 36.8 Å². The molecule has 0 bridgehead atoms. The highest BCUT2D eigenvalue weighted by molar-refractivity contribution is 5.91. The molecule has 6 heteroatoms. The number of aromatic nitrogens is 3. The lowest BCUT2D eigenvalue weighted by Gasteiger charge is -2.13. The van der Waals surface area contributed by atoms with E-state index < -0.39 is 11.5 Å². The Morgan fingerprint density at radius 2 is 1.96 bits per heavy atom. The van der Waals surface area contributed by atoms with Gasteiger partial charge in [0.2, 0.25) is 5.91 Å². The molecule has 0 aromatic carbocycles. The zero-order valence-corrected chi connectivity index (χ0v) is 15.4. The molecule has 0 radical (unpaired) electrons. The Hall–Kier alpha value is -2.86. The molecule has 0 saturated heterocycles. The van der Waals surface area contributed by atoms with Crippen molar-refractivity contribution < 1.29 is 9.90 Å². The maximum atomic E-state index is 11.7. The summed E-state index contributed by atoms with van der Waals surface area (Å²) in [7, 11) is 0. The van der Waals surface area contributed by atoms with Crippen LogP contribution in [0.25, 0.3) is 22.0 Å². The molecule has 1 atom stereocenters. The number of aliphatic hydroxyl groups excluding tert-OH is 1. The molecule has 0 spiro atoms. The summed E-state index contributed by atoms with van der Waals surface area (Å²) < 4.78 is 0. The highest BCUT2D eigenvalue weighted by Crippen LogP contribution is 2.47. The Balaban J connectivity index is 1.71. The van der Waals surface area contributed by atoms with Gasteiger partial charge in [0.05, 0.1) is 28.4 Å². The first-order chi connectivity index (χ1) is 12.9. The van der Waals surface area contributed by atoms with Gasteiger partial charge in [-0.25, -0.2) is 0 Å². The number of amides is 1. The van der Waals surface area contributed by atoms with Crippen LogP contribution >= 0.6 is 0 Å². The second-order valence-electron chi connectivity index (χ2n) is 7.28. The number of pyridine rings is 3. The number of primary amides is 1. The number of fused-ring (bicyclic) bond motifs is 1. The van der Waals surface area contributed by atoms with E-state index in [1.165, 1.54) is 0 Å². The van der Waals surface area contributed by atoms with Gasteiger partial charge in [-0.3, -0.25) is 19.7 Å². The molecule has 3 heterocycles. The number of carbonyl (C=O) groups excluding carboxylic acids is 1. The summed E-state index contributed by atoms with van der Waals surface area (Å²) in [6.07, 6.45) is 6.91. The average molecular weight is 362 g/mol. The summed E-state index contributed by atoms with van der Waals surface area (Å²) in [5.74, 6) is -0.318. The Morgan fingerprint density at radius 3 is 2.59 bits per heavy atom. The monoisotopic (exact) mass is 362 g/mol. The molecule has 1 aliphatic carbocycles. The van der Waals surface area contributed by atoms with Crippen molar-refractivity contribution in [3.05, 3.63) is 53.7 Å². The van der Waals surface area contributed by atoms with Crippen LogP contribution in [-0.2, 0) is 10.2 Å². The maximum Gasteiger partial charge on any atom is 0.229 e. The largest absolute Gasteiger partial charge is 0.387 e. The Morgan fingerprint density at radius 1 is 1.19 bits per heavy atom. The summed E-state index contributed by atoms with van der Waals surface area (Å²) in [4.78, 5) is 25.2. The topological polar surface area (TPSA) is 102 Å². The summed E-state index contributed by atoms with van der Waals surface area (Å²) in [6, 6.07) is 5.80. The summed E-state index contributed by atoms with van der Waals surface area (Å²) in [6.45, 7) is 3.92. The average Bonchev–Trinajstić information content (AvgIpc) is 3.48. The minimum absolute atomic E-state index is 0.318. The number of hydrogen-bond donors (Lipinski definition) is 2. The molecule has 0 unspecified atom stereocenters. The second kappa shape index (κ2) is 6.39. The first kappa shape index (κ1) is 17.5. The fourth-order valence-corrected chi connectivity index (χ4v) is 3.46. The van der Waals surface area contributed by atoms with E-state index in [0.717, 1.165) is 40.4 Å². The number of nitrogens with two attached hydrogens (primary N) is 1. The van der Waals surface area contributed by atoms with E-state index in [4.69, 9.17) is 5.73 Å². The van der Waals surface area contributed by atoms with Gasteiger partial charge in [0.25, 0.3) is 0 Å². The molecule has 6 nitrogen and oxygen atoms in total. The van der Waals surface area contributed by atoms with Crippen LogP contribution in [0.3, 0.4) is 0 Å². The van der Waals surface area contributed by atoms with Gasteiger partial charge in [-0.2, -0.15) is 0 Å². The Labute approximate surface area is 157 Å². The molecule has 1 saturated carbocycles. The quantitative estimate of drug-likeness (QED) is 0.726. The van der Waals surface area contributed by atoms with Crippen molar-refractivity contribution in [1.29, 1.82) is 0 Å². The fraction of sp³-hybridized carbons (Fsp3) is 0.333. The highest BCUT2D eigenvalue weighted by atomic mass is 16.3. The SMILES string of the molecule is CC[C@H](O)c1cc(C)c(-c2cnc3cc(C4(C(N)=O)CC4)ncc3c2)cn1. The Bertz CT molecular complexity index is 1040. The molecule has 3 aromatic heterocycles. The molecule has 3 aromatic rings. The molecule has 4 rings (SSSR count). The van der Waals surface area contributed by atoms with Crippen molar-refractivity contribution in [2.45, 2.75) is 44.6 Å². The first-order valence-electron chi connectivity index (χ1n) is 9.16. The minimum Gasteiger partial charge on any atom is -0.387 e. The molecule has 1 fully saturated rings. The van der Waals surface area contributed by atoms with Gasteiger partial charge < -0.3 is 10.8 Å². The van der Waals surface area contributed by atoms with Crippen molar-refractivity contribution in [3.8, 4) is 11.1 Å². The maximum absolute atomic E-state index is 11.7. The zero-order valence-electron chi connectivity index (χ0n) is 15.4. The van der Waals surface area contributed by atoms with Crippen molar-refractivity contribution in [2.75, 3.05) is 0 Å². The number of carbonyl (C=O) groups is 1. The second-order valence-corrected chi connectivity index (χ2v) is 7.28. The number of nitrogens with zero attached hydrogens (tertiary/aromatic N) is 3. The molecule has 138 valence electrons. The zero-order chi connectivity index (χ0) is 19.2. The van der Waals surface area contributed by atoms with Crippen LogP contribution in [-0.4, -0.2) is 26.0 Å². The third-order valence-corrected chi connectivity index (χ3v) is 5.45. The van der Waals surface area contributed by atoms with E-state index >= 15 is 0 Å². The van der Waals surface area contributed by atoms with Crippen molar-refractivity contribution in [3.63, 3.8) is 0 Å². The molecular weight excluding hydrogens is 340 g/mol. The van der Waals surface area contributed by atoms with Crippen molar-refractivity contribution in [1.82, 2.24) is 15.0 Å². The lowest BCUT2D eigenvalue weighted by Crippen LogP contribution is -2.29. The number of hydrogen-bond acceptors (Lipinski definition) is 5. The Kier molecular flexibility index (Phi) is 4.15. The van der Waals surface area contributed by atoms with Gasteiger partial charge in [0.1, 0.15) is 0 Å². The van der Waals surface area contributed by atoms with Crippen LogP contribution in [0.1, 0.15) is 49.2 Å². The molecular formula is C21H22N4O2. The predicted molar refractivity (Wildman–Crippen MR) is 103 cm³/mol. The summed E-state index contributed by atoms with van der Waals surface area (Å²) in [5.41, 5.74) is 10.1. The van der Waals surface area contributed by atoms with Gasteiger partial charge in [-0.1, -0.05) is 6.92 Å². The lowest BCUT2D eigenvalue weighted by molar-refractivity contribution is -0.120. The van der Waals surface area contributed by atoms with Crippen LogP contribution in [0.5, 0.6) is 0 Å². The van der Waals surface area contributed by atoms with Gasteiger partial charge in [-0.05, 0) is 49.9 Å². The van der Waals surface area contributed by atoms with Crippen molar-refractivity contribution >= 4 is 16.8 Å². The third kappa shape index (κ3) is 2.96. The smallest absolute Gasteiger partial charge is 0.229 e. The van der Waals surface area contributed by atoms with Crippen LogP contribution in [0.4, 0.5) is 0 Å². The highest BCUT2D eigenvalue weighted by Gasteiger charge is 2.51. The number of rotatable bonds is 5. The molecule has 0 aliphatic heterocycles. The van der Waals surface area contributed by atoms with Gasteiger partial charge >= 0.3 is 0 Å². The van der Waals surface area contributed by atoms with E-state index in [1.807, 2.05) is 32.0 Å². The van der Waals surface area contributed by atoms with E-state index in [9.17, 15) is 9.90 Å². The normalized spacial score (nSPS) is 16.3. The molecule has 3 N–H and O–H groups in total. The lowest BCUT2D eigenvalue weighted by atomic mass is 9.99. The van der Waals surface area contributed by atoms with Gasteiger partial charge in [0, 0.05) is 35.1 Å². The van der Waals surface area contributed by atoms with Gasteiger partial charge in [0.15, 0.2) is 0 Å². The summed E-state index contributed by atoms with van der Waals surface area (Å²) in [5, 5.41) is 10.9. The van der Waals surface area contributed by atoms with E-state index in [0.29, 0.717) is 17.8 Å². The first-order valence-corrected chi connectivity index (χ1v) is 9.16. The fourth-order valence-electron chi connectivity index (χ4n) is 3.46. The predicted octanol–water partition coefficient (Wildman–Crippen LogP) is 2.96. The number of aryl methyl sites for hydroxylation is 1. The van der Waals surface area contributed by atoms with Crippen LogP contribution in [0.2, 0.25) is 0 Å². The van der Waals surface area contributed by atoms with E-state index in [-0.39, 0.29) is 5.91 Å². The van der Waals surface area contributed by atoms with Crippen molar-refractivity contribution in [2.24, 2.45) is 5.73 Å². The van der Waals surface area contributed by atoms with E-state index in [1.54, 1.807) is 18.6 Å². The van der Waals surface area contributed by atoms with E-state index in [2.05, 4.69) is 15.0 Å². The molecule has 1 amide bonds. The molecule has 1 aliphatic rings. The standard InChI is InChI=1S/C21H22N4O2/c1-3-18(26)17-6-12(2)15(11-24-17)13-7-14-10-25-19(8-16(14)23-9-13)21(4-5-21)20(22)27/h6-11,18,26H,3-5H2,1-2H3,(H2,22,27)/t18-/m0/s1. The third-order valence-electron chi connectivity index (χ3n) is 5.45. The summed E-state index contributed by atoms with van der Waals surface area (Å²) >= 11 is 0. The van der Waals surface area contributed by atoms with Gasteiger partial charge in [-0.15, -0.1) is 0 Å². The number of aliphatic hydroxyl groups is 1. The molecule has 27 heavy (non-hydrogen) atoms.